The molecule has 2 aliphatic rings. The van der Waals surface area contributed by atoms with E-state index < -0.39 is 5.54 Å². The second-order valence-electron chi connectivity index (χ2n) is 6.63. The van der Waals surface area contributed by atoms with Crippen LogP contribution < -0.4 is 15.8 Å². The van der Waals surface area contributed by atoms with Crippen molar-refractivity contribution in [2.24, 2.45) is 5.73 Å². The third-order valence-corrected chi connectivity index (χ3v) is 4.75. The number of nitrogens with zero attached hydrogens (tertiary/aromatic N) is 1. The molecule has 0 bridgehead atoms. The lowest BCUT2D eigenvalue weighted by Gasteiger charge is -2.31. The van der Waals surface area contributed by atoms with Crippen LogP contribution in [-0.4, -0.2) is 55.2 Å². The number of anilines is 1. The molecule has 136 valence electrons. The van der Waals surface area contributed by atoms with Gasteiger partial charge in [0.15, 0.2) is 6.61 Å². The van der Waals surface area contributed by atoms with Gasteiger partial charge in [-0.05, 0) is 37.8 Å². The molecular weight excluding hydrogens is 322 g/mol. The lowest BCUT2D eigenvalue weighted by atomic mass is 9.90. The monoisotopic (exact) mass is 347 g/mol. The van der Waals surface area contributed by atoms with Crippen LogP contribution in [0, 0.1) is 0 Å². The average Bonchev–Trinajstić information content (AvgIpc) is 3.15. The summed E-state index contributed by atoms with van der Waals surface area (Å²) in [7, 11) is 0. The first-order chi connectivity index (χ1) is 12.1. The van der Waals surface area contributed by atoms with Crippen molar-refractivity contribution in [2.75, 3.05) is 38.2 Å². The zero-order valence-electron chi connectivity index (χ0n) is 14.3. The van der Waals surface area contributed by atoms with Crippen LogP contribution in [0.1, 0.15) is 25.7 Å². The fourth-order valence-electron chi connectivity index (χ4n) is 3.08. The molecule has 3 N–H and O–H groups in total. The highest BCUT2D eigenvalue weighted by Crippen LogP contribution is 2.22. The Kier molecular flexibility index (Phi) is 5.55. The quantitative estimate of drug-likeness (QED) is 0.833. The Labute approximate surface area is 147 Å². The predicted molar refractivity (Wildman–Crippen MR) is 93.4 cm³/mol. The summed E-state index contributed by atoms with van der Waals surface area (Å²) in [6.07, 6.45) is 3.11. The maximum atomic E-state index is 12.4. The van der Waals surface area contributed by atoms with E-state index in [0.717, 1.165) is 25.9 Å². The van der Waals surface area contributed by atoms with Crippen molar-refractivity contribution in [3.05, 3.63) is 24.3 Å². The average molecular weight is 347 g/mol. The molecule has 0 atom stereocenters. The van der Waals surface area contributed by atoms with E-state index in [4.69, 9.17) is 15.2 Å². The molecule has 0 aromatic heterocycles. The van der Waals surface area contributed by atoms with Crippen molar-refractivity contribution >= 4 is 17.5 Å². The molecule has 1 aromatic rings. The molecule has 2 fully saturated rings. The molecule has 0 aliphatic carbocycles. The molecule has 2 amide bonds. The van der Waals surface area contributed by atoms with Crippen LogP contribution >= 0.6 is 0 Å². The largest absolute Gasteiger partial charge is 0.484 e. The normalized spacial score (nSPS) is 19.5. The van der Waals surface area contributed by atoms with E-state index in [9.17, 15) is 9.59 Å². The molecule has 7 nitrogen and oxygen atoms in total. The maximum absolute atomic E-state index is 12.4. The van der Waals surface area contributed by atoms with E-state index in [1.165, 1.54) is 0 Å². The number of carbonyl (C=O) groups is 2. The third-order valence-electron chi connectivity index (χ3n) is 4.75. The lowest BCUT2D eigenvalue weighted by Crippen LogP contribution is -2.54. The second-order valence-corrected chi connectivity index (χ2v) is 6.63. The Bertz CT molecular complexity index is 623. The van der Waals surface area contributed by atoms with Crippen LogP contribution in [0.4, 0.5) is 5.69 Å². The summed E-state index contributed by atoms with van der Waals surface area (Å²) in [5.74, 6) is 0.319. The van der Waals surface area contributed by atoms with Gasteiger partial charge in [-0.3, -0.25) is 9.59 Å². The van der Waals surface area contributed by atoms with E-state index in [-0.39, 0.29) is 18.4 Å². The highest BCUT2D eigenvalue weighted by atomic mass is 16.5. The Morgan fingerprint density at radius 3 is 2.68 bits per heavy atom. The van der Waals surface area contributed by atoms with Gasteiger partial charge in [-0.25, -0.2) is 0 Å². The zero-order chi connectivity index (χ0) is 17.7. The summed E-state index contributed by atoms with van der Waals surface area (Å²) in [4.78, 5) is 26.3. The standard InChI is InChI=1S/C18H25N3O4/c19-18(6-10-24-11-7-18)17(23)20-14-4-3-5-15(12-14)25-13-16(22)21-8-1-2-9-21/h3-5,12H,1-2,6-11,13,19H2,(H,20,23). The van der Waals surface area contributed by atoms with Gasteiger partial charge in [-0.2, -0.15) is 0 Å². The molecule has 2 aliphatic heterocycles. The van der Waals surface area contributed by atoms with E-state index in [0.29, 0.717) is 37.5 Å². The van der Waals surface area contributed by atoms with Gasteiger partial charge in [0.05, 0.1) is 0 Å². The van der Waals surface area contributed by atoms with E-state index >= 15 is 0 Å². The molecule has 0 saturated carbocycles. The van der Waals surface area contributed by atoms with E-state index in [1.807, 2.05) is 4.90 Å². The van der Waals surface area contributed by atoms with Crippen LogP contribution in [0.25, 0.3) is 0 Å². The van der Waals surface area contributed by atoms with E-state index in [1.54, 1.807) is 24.3 Å². The van der Waals surface area contributed by atoms with Crippen LogP contribution in [0.5, 0.6) is 5.75 Å². The summed E-state index contributed by atoms with van der Waals surface area (Å²) in [5.41, 5.74) is 5.89. The predicted octanol–water partition coefficient (Wildman–Crippen LogP) is 1.13. The van der Waals surface area contributed by atoms with Gasteiger partial charge in [-0.1, -0.05) is 6.07 Å². The minimum absolute atomic E-state index is 0.00458. The molecule has 3 rings (SSSR count). The minimum Gasteiger partial charge on any atom is -0.484 e. The number of hydrogen-bond acceptors (Lipinski definition) is 5. The van der Waals surface area contributed by atoms with Crippen LogP contribution in [0.3, 0.4) is 0 Å². The second kappa shape index (κ2) is 7.84. The van der Waals surface area contributed by atoms with Gasteiger partial charge in [0, 0.05) is 38.1 Å². The molecular formula is C18H25N3O4. The van der Waals surface area contributed by atoms with Gasteiger partial charge in [0.25, 0.3) is 5.91 Å². The van der Waals surface area contributed by atoms with Crippen molar-refractivity contribution in [3.63, 3.8) is 0 Å². The number of rotatable bonds is 5. The topological polar surface area (TPSA) is 93.9 Å². The molecule has 1 aromatic carbocycles. The summed E-state index contributed by atoms with van der Waals surface area (Å²) in [5, 5.41) is 2.84. The van der Waals surface area contributed by atoms with Gasteiger partial charge < -0.3 is 25.4 Å². The smallest absolute Gasteiger partial charge is 0.260 e. The fraction of sp³-hybridized carbons (Fsp3) is 0.556. The highest BCUT2D eigenvalue weighted by Gasteiger charge is 2.35. The first-order valence-electron chi connectivity index (χ1n) is 8.76. The lowest BCUT2D eigenvalue weighted by molar-refractivity contribution is -0.132. The first kappa shape index (κ1) is 17.7. The summed E-state index contributed by atoms with van der Waals surface area (Å²) in [6.45, 7) is 2.61. The molecule has 7 heteroatoms. The number of nitrogens with two attached hydrogens (primary N) is 1. The van der Waals surface area contributed by atoms with Gasteiger partial charge in [-0.15, -0.1) is 0 Å². The number of carbonyl (C=O) groups excluding carboxylic acids is 2. The van der Waals surface area contributed by atoms with Crippen molar-refractivity contribution in [1.29, 1.82) is 0 Å². The van der Waals surface area contributed by atoms with Crippen molar-refractivity contribution in [3.8, 4) is 5.75 Å². The molecule has 2 saturated heterocycles. The fourth-order valence-corrected chi connectivity index (χ4v) is 3.08. The zero-order valence-corrected chi connectivity index (χ0v) is 14.3. The van der Waals surface area contributed by atoms with Gasteiger partial charge >= 0.3 is 0 Å². The SMILES string of the molecule is NC1(C(=O)Nc2cccc(OCC(=O)N3CCCC3)c2)CCOCC1. The Hall–Kier alpha value is -2.12. The van der Waals surface area contributed by atoms with Crippen LogP contribution in [0.15, 0.2) is 24.3 Å². The number of hydrogen-bond donors (Lipinski definition) is 2. The molecule has 25 heavy (non-hydrogen) atoms. The third kappa shape index (κ3) is 4.49. The first-order valence-corrected chi connectivity index (χ1v) is 8.76. The molecule has 0 unspecified atom stereocenters. The highest BCUT2D eigenvalue weighted by molar-refractivity contribution is 5.98. The number of ether oxygens (including phenoxy) is 2. The summed E-state index contributed by atoms with van der Waals surface area (Å²) < 4.78 is 10.8. The number of benzene rings is 1. The van der Waals surface area contributed by atoms with Gasteiger partial charge in [0.1, 0.15) is 11.3 Å². The maximum Gasteiger partial charge on any atom is 0.260 e. The van der Waals surface area contributed by atoms with Gasteiger partial charge in [0.2, 0.25) is 5.91 Å². The summed E-state index contributed by atoms with van der Waals surface area (Å²) in [6, 6.07) is 7.02. The van der Waals surface area contributed by atoms with Crippen LogP contribution in [0.2, 0.25) is 0 Å². The Balaban J connectivity index is 1.55. The number of likely N-dealkylation sites (tertiary alicyclic amines) is 1. The molecule has 2 heterocycles. The Morgan fingerprint density at radius 2 is 1.96 bits per heavy atom. The Morgan fingerprint density at radius 1 is 1.24 bits per heavy atom. The van der Waals surface area contributed by atoms with Crippen LogP contribution in [-0.2, 0) is 14.3 Å². The molecule has 0 spiro atoms. The minimum atomic E-state index is -0.902. The van der Waals surface area contributed by atoms with Crippen molar-refractivity contribution in [1.82, 2.24) is 4.90 Å². The number of nitrogens with one attached hydrogen (secondary N) is 1. The van der Waals surface area contributed by atoms with E-state index in [2.05, 4.69) is 5.32 Å². The van der Waals surface area contributed by atoms with Crippen molar-refractivity contribution < 1.29 is 19.1 Å². The van der Waals surface area contributed by atoms with Crippen molar-refractivity contribution in [2.45, 2.75) is 31.2 Å². The summed E-state index contributed by atoms with van der Waals surface area (Å²) >= 11 is 0. The molecule has 0 radical (unpaired) electrons. The number of amides is 2.